The Balaban J connectivity index is 0. The Kier molecular flexibility index (Phi) is 14.9. The van der Waals surface area contributed by atoms with E-state index in [1.807, 2.05) is 0 Å². The van der Waals surface area contributed by atoms with E-state index in [1.165, 1.54) is 25.7 Å². The van der Waals surface area contributed by atoms with Gasteiger partial charge in [0.2, 0.25) is 0 Å². The molecule has 0 rings (SSSR count). The van der Waals surface area contributed by atoms with Crippen LogP contribution in [0.4, 0.5) is 4.79 Å². The van der Waals surface area contributed by atoms with Crippen molar-refractivity contribution < 1.29 is 15.0 Å². The highest BCUT2D eigenvalue weighted by atomic mass is 16.6. The molecule has 0 bridgehead atoms. The molecule has 0 aliphatic carbocycles. The maximum Gasteiger partial charge on any atom is 0.503 e. The van der Waals surface area contributed by atoms with Gasteiger partial charge < -0.3 is 10.2 Å². The van der Waals surface area contributed by atoms with Crippen molar-refractivity contribution in [2.75, 3.05) is 0 Å². The van der Waals surface area contributed by atoms with E-state index in [2.05, 4.69) is 32.6 Å². The van der Waals surface area contributed by atoms with Crippen LogP contribution >= 0.6 is 0 Å². The summed E-state index contributed by atoms with van der Waals surface area (Å²) >= 11 is 0. The van der Waals surface area contributed by atoms with E-state index in [0.717, 1.165) is 18.8 Å². The first-order chi connectivity index (χ1) is 7.50. The van der Waals surface area contributed by atoms with Crippen LogP contribution in [0, 0.1) is 17.8 Å². The highest BCUT2D eigenvalue weighted by Crippen LogP contribution is 2.02. The molecule has 0 aliphatic rings. The third-order valence-corrected chi connectivity index (χ3v) is 1.88. The van der Waals surface area contributed by atoms with Crippen LogP contribution in [0.3, 0.4) is 0 Å². The van der Waals surface area contributed by atoms with Gasteiger partial charge in [0.25, 0.3) is 0 Å². The molecule has 0 aliphatic heterocycles. The van der Waals surface area contributed by atoms with Crippen LogP contribution in [0.25, 0.3) is 0 Å². The van der Waals surface area contributed by atoms with E-state index < -0.39 is 6.16 Å². The molecule has 0 radical (unpaired) electrons. The highest BCUT2D eigenvalue weighted by Gasteiger charge is 1.88. The zero-order valence-corrected chi connectivity index (χ0v) is 10.6. The van der Waals surface area contributed by atoms with Crippen molar-refractivity contribution in [2.45, 2.75) is 59.3 Å². The average Bonchev–Trinajstić information content (AvgIpc) is 2.15. The second-order valence-electron chi connectivity index (χ2n) is 4.03. The SMILES string of the molecule is CCCCCC#CCCC(C)C.O=C(O)O. The average molecular weight is 228 g/mol. The van der Waals surface area contributed by atoms with Crippen molar-refractivity contribution in [2.24, 2.45) is 5.92 Å². The van der Waals surface area contributed by atoms with Gasteiger partial charge in [-0.2, -0.15) is 0 Å². The topological polar surface area (TPSA) is 57.5 Å². The van der Waals surface area contributed by atoms with Gasteiger partial charge in [-0.15, -0.1) is 11.8 Å². The van der Waals surface area contributed by atoms with Gasteiger partial charge in [0.05, 0.1) is 0 Å². The quantitative estimate of drug-likeness (QED) is 0.547. The number of hydrogen-bond donors (Lipinski definition) is 2. The van der Waals surface area contributed by atoms with Crippen molar-refractivity contribution in [3.63, 3.8) is 0 Å². The molecule has 0 atom stereocenters. The monoisotopic (exact) mass is 228 g/mol. The fourth-order valence-electron chi connectivity index (χ4n) is 1.00. The molecule has 0 aromatic carbocycles. The fraction of sp³-hybridized carbons (Fsp3) is 0.769. The molecule has 0 fully saturated rings. The third kappa shape index (κ3) is 29.3. The van der Waals surface area contributed by atoms with Crippen LogP contribution in [0.5, 0.6) is 0 Å². The van der Waals surface area contributed by atoms with E-state index in [-0.39, 0.29) is 0 Å². The predicted molar refractivity (Wildman–Crippen MR) is 66.6 cm³/mol. The van der Waals surface area contributed by atoms with Crippen LogP contribution < -0.4 is 0 Å². The summed E-state index contributed by atoms with van der Waals surface area (Å²) in [5.41, 5.74) is 0. The molecule has 2 N–H and O–H groups in total. The third-order valence-electron chi connectivity index (χ3n) is 1.88. The minimum atomic E-state index is -1.83. The Morgan fingerprint density at radius 1 is 1.12 bits per heavy atom. The largest absolute Gasteiger partial charge is 0.503 e. The summed E-state index contributed by atoms with van der Waals surface area (Å²) in [7, 11) is 0. The van der Waals surface area contributed by atoms with Crippen LogP contribution in [0.15, 0.2) is 0 Å². The summed E-state index contributed by atoms with van der Waals surface area (Å²) in [4.78, 5) is 8.56. The zero-order chi connectivity index (χ0) is 12.8. The van der Waals surface area contributed by atoms with Crippen molar-refractivity contribution in [1.29, 1.82) is 0 Å². The lowest BCUT2D eigenvalue weighted by atomic mass is 10.1. The van der Waals surface area contributed by atoms with E-state index >= 15 is 0 Å². The van der Waals surface area contributed by atoms with E-state index in [4.69, 9.17) is 15.0 Å². The van der Waals surface area contributed by atoms with Crippen molar-refractivity contribution in [1.82, 2.24) is 0 Å². The molecular formula is C13H24O3. The fourth-order valence-corrected chi connectivity index (χ4v) is 1.00. The number of carbonyl (C=O) groups is 1. The van der Waals surface area contributed by atoms with Gasteiger partial charge in [0, 0.05) is 12.8 Å². The van der Waals surface area contributed by atoms with Crippen LogP contribution in [0.2, 0.25) is 0 Å². The Labute approximate surface area is 98.9 Å². The predicted octanol–water partition coefficient (Wildman–Crippen LogP) is 4.23. The van der Waals surface area contributed by atoms with Gasteiger partial charge in [-0.05, 0) is 18.8 Å². The molecule has 0 saturated heterocycles. The summed E-state index contributed by atoms with van der Waals surface area (Å²) in [6.07, 6.45) is 5.52. The van der Waals surface area contributed by atoms with E-state index in [9.17, 15) is 0 Å². The number of hydrogen-bond acceptors (Lipinski definition) is 1. The second-order valence-corrected chi connectivity index (χ2v) is 4.03. The first-order valence-electron chi connectivity index (χ1n) is 5.88. The lowest BCUT2D eigenvalue weighted by Crippen LogP contribution is -1.83. The molecular weight excluding hydrogens is 204 g/mol. The Hall–Kier alpha value is -1.17. The van der Waals surface area contributed by atoms with Crippen molar-refractivity contribution >= 4 is 6.16 Å². The minimum absolute atomic E-state index is 0.801. The molecule has 3 nitrogen and oxygen atoms in total. The Morgan fingerprint density at radius 3 is 2.06 bits per heavy atom. The molecule has 0 aromatic heterocycles. The smallest absolute Gasteiger partial charge is 0.450 e. The molecule has 0 heterocycles. The molecule has 0 spiro atoms. The summed E-state index contributed by atoms with van der Waals surface area (Å²) < 4.78 is 0. The maximum atomic E-state index is 8.56. The molecule has 0 aromatic rings. The molecule has 0 amide bonds. The highest BCUT2D eigenvalue weighted by molar-refractivity contribution is 5.53. The second kappa shape index (κ2) is 13.8. The van der Waals surface area contributed by atoms with E-state index in [1.54, 1.807) is 0 Å². The summed E-state index contributed by atoms with van der Waals surface area (Å²) in [6.45, 7) is 6.73. The van der Waals surface area contributed by atoms with Gasteiger partial charge in [-0.1, -0.05) is 33.6 Å². The van der Waals surface area contributed by atoms with Crippen molar-refractivity contribution in [3.05, 3.63) is 0 Å². The molecule has 16 heavy (non-hydrogen) atoms. The molecule has 0 unspecified atom stereocenters. The molecule has 0 saturated carbocycles. The standard InChI is InChI=1S/C12H22.CH2O3/c1-4-5-6-7-8-9-10-11-12(2)3;2-1(3)4/h12H,4-7,10-11H2,1-3H3;(H2,2,3,4). The molecule has 3 heteroatoms. The Bertz CT molecular complexity index is 207. The number of unbranched alkanes of at least 4 members (excludes halogenated alkanes) is 3. The first-order valence-corrected chi connectivity index (χ1v) is 5.88. The van der Waals surface area contributed by atoms with Gasteiger partial charge >= 0.3 is 6.16 Å². The number of carboxylic acid groups (broad SMARTS) is 2. The van der Waals surface area contributed by atoms with Crippen LogP contribution in [0.1, 0.15) is 59.3 Å². The normalized spacial score (nSPS) is 8.75. The summed E-state index contributed by atoms with van der Waals surface area (Å²) in [5.74, 6) is 7.25. The van der Waals surface area contributed by atoms with Crippen LogP contribution in [-0.4, -0.2) is 16.4 Å². The Morgan fingerprint density at radius 2 is 1.62 bits per heavy atom. The number of rotatable bonds is 5. The van der Waals surface area contributed by atoms with Gasteiger partial charge in [-0.3, -0.25) is 0 Å². The summed E-state index contributed by atoms with van der Waals surface area (Å²) in [5, 5.41) is 13.9. The first kappa shape index (κ1) is 17.2. The van der Waals surface area contributed by atoms with Gasteiger partial charge in [0.1, 0.15) is 0 Å². The minimum Gasteiger partial charge on any atom is -0.450 e. The summed E-state index contributed by atoms with van der Waals surface area (Å²) in [6, 6.07) is 0. The van der Waals surface area contributed by atoms with Crippen LogP contribution in [-0.2, 0) is 0 Å². The van der Waals surface area contributed by atoms with Gasteiger partial charge in [-0.25, -0.2) is 4.79 Å². The molecule has 94 valence electrons. The van der Waals surface area contributed by atoms with Crippen molar-refractivity contribution in [3.8, 4) is 11.8 Å². The maximum absolute atomic E-state index is 8.56. The zero-order valence-electron chi connectivity index (χ0n) is 10.6. The van der Waals surface area contributed by atoms with E-state index in [0.29, 0.717) is 0 Å². The van der Waals surface area contributed by atoms with Gasteiger partial charge in [0.15, 0.2) is 0 Å². The lowest BCUT2D eigenvalue weighted by Gasteiger charge is -1.96. The lowest BCUT2D eigenvalue weighted by molar-refractivity contribution is 0.137.